The normalized spacial score (nSPS) is 11.2. The molecule has 1 amide bonds. The van der Waals surface area contributed by atoms with Crippen molar-refractivity contribution < 1.29 is 9.53 Å². The average molecular weight is 407 g/mol. The van der Waals surface area contributed by atoms with Crippen LogP contribution in [0.4, 0.5) is 5.69 Å². The Bertz CT molecular complexity index is 1300. The van der Waals surface area contributed by atoms with Crippen molar-refractivity contribution in [1.82, 2.24) is 4.57 Å². The molecule has 5 nitrogen and oxygen atoms in total. The molecule has 4 rings (SSSR count). The van der Waals surface area contributed by atoms with Gasteiger partial charge in [0.15, 0.2) is 0 Å². The monoisotopic (exact) mass is 407 g/mol. The van der Waals surface area contributed by atoms with E-state index in [0.29, 0.717) is 18.0 Å². The number of carbonyl (C=O) groups is 1. The predicted octanol–water partition coefficient (Wildman–Crippen LogP) is 5.24. The number of fused-ring (bicyclic) bond motifs is 1. The summed E-state index contributed by atoms with van der Waals surface area (Å²) in [5.74, 6) is 0.167. The van der Waals surface area contributed by atoms with Crippen molar-refractivity contribution in [1.29, 1.82) is 5.26 Å². The van der Waals surface area contributed by atoms with Gasteiger partial charge < -0.3 is 14.6 Å². The second kappa shape index (κ2) is 9.02. The first kappa shape index (κ1) is 20.0. The molecule has 0 saturated heterocycles. The maximum Gasteiger partial charge on any atom is 0.266 e. The van der Waals surface area contributed by atoms with Crippen LogP contribution in [0, 0.1) is 11.3 Å². The van der Waals surface area contributed by atoms with Crippen molar-refractivity contribution in [2.24, 2.45) is 0 Å². The van der Waals surface area contributed by atoms with E-state index in [4.69, 9.17) is 4.74 Å². The highest BCUT2D eigenvalue weighted by Crippen LogP contribution is 2.25. The highest BCUT2D eigenvalue weighted by Gasteiger charge is 2.13. The van der Waals surface area contributed by atoms with Gasteiger partial charge in [-0.15, -0.1) is 0 Å². The summed E-state index contributed by atoms with van der Waals surface area (Å²) in [6.45, 7) is 0.701. The number of ether oxygens (including phenoxy) is 1. The molecule has 1 N–H and O–H groups in total. The zero-order valence-corrected chi connectivity index (χ0v) is 17.1. The summed E-state index contributed by atoms with van der Waals surface area (Å²) < 4.78 is 7.32. The second-order valence-electron chi connectivity index (χ2n) is 7.07. The molecule has 152 valence electrons. The van der Waals surface area contributed by atoms with Gasteiger partial charge in [0, 0.05) is 41.0 Å². The van der Waals surface area contributed by atoms with Crippen LogP contribution in [-0.2, 0) is 11.3 Å². The fourth-order valence-electron chi connectivity index (χ4n) is 3.50. The lowest BCUT2D eigenvalue weighted by Crippen LogP contribution is -2.13. The highest BCUT2D eigenvalue weighted by molar-refractivity contribution is 6.10. The number of carbonyl (C=O) groups excluding carboxylic acids is 1. The van der Waals surface area contributed by atoms with Crippen LogP contribution in [0.15, 0.2) is 90.6 Å². The first-order valence-electron chi connectivity index (χ1n) is 9.87. The van der Waals surface area contributed by atoms with Crippen LogP contribution in [0.3, 0.4) is 0 Å². The van der Waals surface area contributed by atoms with E-state index in [1.54, 1.807) is 37.5 Å². The molecule has 0 radical (unpaired) electrons. The van der Waals surface area contributed by atoms with Crippen LogP contribution in [-0.4, -0.2) is 17.6 Å². The third-order valence-corrected chi connectivity index (χ3v) is 5.01. The SMILES string of the molecule is COc1cccc(NC(=O)C(C#N)=Cc2cn(Cc3ccccc3)c3ccccc23)c1. The Morgan fingerprint density at radius 3 is 2.61 bits per heavy atom. The van der Waals surface area contributed by atoms with Crippen molar-refractivity contribution in [3.8, 4) is 11.8 Å². The lowest BCUT2D eigenvalue weighted by atomic mass is 10.1. The largest absolute Gasteiger partial charge is 0.497 e. The Balaban J connectivity index is 1.66. The summed E-state index contributed by atoms with van der Waals surface area (Å²) >= 11 is 0. The molecule has 0 unspecified atom stereocenters. The standard InChI is InChI=1S/C26H21N3O2/c1-31-23-11-7-10-22(15-23)28-26(30)20(16-27)14-21-18-29(17-19-8-3-2-4-9-19)25-13-6-5-12-24(21)25/h2-15,18H,17H2,1H3,(H,28,30). The van der Waals surface area contributed by atoms with E-state index in [9.17, 15) is 10.1 Å². The van der Waals surface area contributed by atoms with Crippen LogP contribution in [0.2, 0.25) is 0 Å². The quantitative estimate of drug-likeness (QED) is 0.351. The fraction of sp³-hybridized carbons (Fsp3) is 0.0769. The average Bonchev–Trinajstić information content (AvgIpc) is 3.15. The zero-order chi connectivity index (χ0) is 21.6. The van der Waals surface area contributed by atoms with Crippen molar-refractivity contribution in [3.05, 3.63) is 102 Å². The topological polar surface area (TPSA) is 67.0 Å². The van der Waals surface area contributed by atoms with Gasteiger partial charge in [0.25, 0.3) is 5.91 Å². The Kier molecular flexibility index (Phi) is 5.82. The van der Waals surface area contributed by atoms with Crippen LogP contribution in [0.25, 0.3) is 17.0 Å². The molecule has 31 heavy (non-hydrogen) atoms. The first-order valence-corrected chi connectivity index (χ1v) is 9.87. The Hall–Kier alpha value is -4.30. The number of para-hydroxylation sites is 1. The minimum Gasteiger partial charge on any atom is -0.497 e. The number of benzene rings is 3. The molecule has 4 aromatic rings. The minimum atomic E-state index is -0.462. The maximum atomic E-state index is 12.7. The highest BCUT2D eigenvalue weighted by atomic mass is 16.5. The second-order valence-corrected chi connectivity index (χ2v) is 7.07. The van der Waals surface area contributed by atoms with E-state index in [1.165, 1.54) is 5.56 Å². The number of amides is 1. The van der Waals surface area contributed by atoms with Crippen LogP contribution in [0.1, 0.15) is 11.1 Å². The van der Waals surface area contributed by atoms with E-state index < -0.39 is 5.91 Å². The fourth-order valence-corrected chi connectivity index (χ4v) is 3.50. The summed E-state index contributed by atoms with van der Waals surface area (Å²) in [4.78, 5) is 12.7. The third kappa shape index (κ3) is 4.49. The van der Waals surface area contributed by atoms with Gasteiger partial charge in [0.2, 0.25) is 0 Å². The summed E-state index contributed by atoms with van der Waals surface area (Å²) in [6.07, 6.45) is 3.62. The molecule has 0 atom stereocenters. The molecule has 0 aliphatic heterocycles. The number of nitrogens with one attached hydrogen (secondary N) is 1. The minimum absolute atomic E-state index is 0.0328. The van der Waals surface area contributed by atoms with Gasteiger partial charge >= 0.3 is 0 Å². The summed E-state index contributed by atoms with van der Waals surface area (Å²) in [5, 5.41) is 13.4. The first-order chi connectivity index (χ1) is 15.2. The van der Waals surface area contributed by atoms with Crippen LogP contribution >= 0.6 is 0 Å². The molecule has 0 saturated carbocycles. The molecule has 1 aromatic heterocycles. The Morgan fingerprint density at radius 1 is 1.06 bits per heavy atom. The molecule has 0 spiro atoms. The zero-order valence-electron chi connectivity index (χ0n) is 17.1. The lowest BCUT2D eigenvalue weighted by Gasteiger charge is -2.06. The van der Waals surface area contributed by atoms with Gasteiger partial charge in [-0.25, -0.2) is 0 Å². The molecular weight excluding hydrogens is 386 g/mol. The van der Waals surface area contributed by atoms with Gasteiger partial charge in [-0.2, -0.15) is 5.26 Å². The van der Waals surface area contributed by atoms with Gasteiger partial charge in [-0.05, 0) is 29.8 Å². The molecular formula is C26H21N3O2. The van der Waals surface area contributed by atoms with E-state index in [2.05, 4.69) is 22.0 Å². The van der Waals surface area contributed by atoms with Gasteiger partial charge in [0.05, 0.1) is 7.11 Å². The Morgan fingerprint density at radius 2 is 1.84 bits per heavy atom. The number of methoxy groups -OCH3 is 1. The number of hydrogen-bond acceptors (Lipinski definition) is 3. The molecule has 0 fully saturated rings. The number of rotatable bonds is 6. The molecule has 3 aromatic carbocycles. The smallest absolute Gasteiger partial charge is 0.266 e. The maximum absolute atomic E-state index is 12.7. The van der Waals surface area contributed by atoms with Gasteiger partial charge in [0.1, 0.15) is 17.4 Å². The number of nitriles is 1. The van der Waals surface area contributed by atoms with Crippen molar-refractivity contribution in [2.45, 2.75) is 6.54 Å². The van der Waals surface area contributed by atoms with Gasteiger partial charge in [-0.3, -0.25) is 4.79 Å². The number of nitrogens with zero attached hydrogens (tertiary/aromatic N) is 2. The summed E-state index contributed by atoms with van der Waals surface area (Å²) in [5.41, 5.74) is 3.64. The van der Waals surface area contributed by atoms with E-state index in [1.807, 2.05) is 54.7 Å². The number of anilines is 1. The molecule has 5 heteroatoms. The molecule has 1 heterocycles. The number of aromatic nitrogens is 1. The van der Waals surface area contributed by atoms with E-state index in [-0.39, 0.29) is 5.57 Å². The predicted molar refractivity (Wildman–Crippen MR) is 123 cm³/mol. The van der Waals surface area contributed by atoms with Crippen molar-refractivity contribution in [2.75, 3.05) is 12.4 Å². The molecule has 0 aliphatic carbocycles. The van der Waals surface area contributed by atoms with E-state index >= 15 is 0 Å². The molecule has 0 bridgehead atoms. The summed E-state index contributed by atoms with van der Waals surface area (Å²) in [7, 11) is 1.56. The van der Waals surface area contributed by atoms with Crippen LogP contribution < -0.4 is 10.1 Å². The van der Waals surface area contributed by atoms with Crippen LogP contribution in [0.5, 0.6) is 5.75 Å². The third-order valence-electron chi connectivity index (χ3n) is 5.01. The lowest BCUT2D eigenvalue weighted by molar-refractivity contribution is -0.112. The van der Waals surface area contributed by atoms with Gasteiger partial charge in [-0.1, -0.05) is 54.6 Å². The summed E-state index contributed by atoms with van der Waals surface area (Å²) in [6, 6.07) is 27.2. The molecule has 0 aliphatic rings. The number of hydrogen-bond donors (Lipinski definition) is 1. The van der Waals surface area contributed by atoms with E-state index in [0.717, 1.165) is 16.5 Å². The Labute approximate surface area is 180 Å². The van der Waals surface area contributed by atoms with Crippen molar-refractivity contribution >= 4 is 28.6 Å². The van der Waals surface area contributed by atoms with Crippen molar-refractivity contribution in [3.63, 3.8) is 0 Å².